The number of ketones is 1. The third-order valence-electron chi connectivity index (χ3n) is 2.26. The van der Waals surface area contributed by atoms with Gasteiger partial charge in [-0.15, -0.1) is 0 Å². The molecule has 1 heterocycles. The van der Waals surface area contributed by atoms with Gasteiger partial charge in [0.25, 0.3) is 0 Å². The van der Waals surface area contributed by atoms with E-state index in [0.29, 0.717) is 5.69 Å². The van der Waals surface area contributed by atoms with Gasteiger partial charge in [0.2, 0.25) is 0 Å². The molecule has 1 aromatic carbocycles. The minimum Gasteiger partial charge on any atom is -0.291 e. The van der Waals surface area contributed by atoms with Crippen LogP contribution in [0.15, 0.2) is 24.3 Å². The summed E-state index contributed by atoms with van der Waals surface area (Å²) in [7, 11) is 1.78. The molecule has 74 valence electrons. The van der Waals surface area contributed by atoms with Gasteiger partial charge in [-0.3, -0.25) is 9.48 Å². The Hall–Kier alpha value is -2.15. The molecular weight excluding hydrogens is 190 g/mol. The summed E-state index contributed by atoms with van der Waals surface area (Å²) in [6.07, 6.45) is -0.124. The van der Waals surface area contributed by atoms with Gasteiger partial charge in [-0.25, -0.2) is 0 Å². The highest BCUT2D eigenvalue weighted by Gasteiger charge is 2.14. The number of Topliss-reactive ketones (excluding diaryl/α,β-unsaturated/α-hetero) is 1. The molecule has 4 nitrogen and oxygen atoms in total. The average Bonchev–Trinajstić information content (AvgIpc) is 2.58. The van der Waals surface area contributed by atoms with Crippen molar-refractivity contribution in [1.82, 2.24) is 9.78 Å². The molecule has 4 heteroatoms. The van der Waals surface area contributed by atoms with Crippen molar-refractivity contribution in [2.45, 2.75) is 6.42 Å². The number of rotatable bonds is 2. The fraction of sp³-hybridized carbons (Fsp3) is 0.182. The Balaban J connectivity index is 2.63. The third-order valence-corrected chi connectivity index (χ3v) is 2.26. The molecule has 15 heavy (non-hydrogen) atoms. The van der Waals surface area contributed by atoms with E-state index in [2.05, 4.69) is 5.10 Å². The molecule has 0 amide bonds. The highest BCUT2D eigenvalue weighted by molar-refractivity contribution is 6.06. The van der Waals surface area contributed by atoms with Gasteiger partial charge in [0.05, 0.1) is 11.6 Å². The molecule has 0 aliphatic carbocycles. The lowest BCUT2D eigenvalue weighted by molar-refractivity contribution is 0.0994. The summed E-state index contributed by atoms with van der Waals surface area (Å²) in [4.78, 5) is 11.6. The number of fused-ring (bicyclic) bond motifs is 1. The molecule has 0 radical (unpaired) electrons. The first-order valence-corrected chi connectivity index (χ1v) is 4.56. The molecule has 0 fully saturated rings. The van der Waals surface area contributed by atoms with Gasteiger partial charge in [-0.05, 0) is 6.07 Å². The number of aromatic nitrogens is 2. The van der Waals surface area contributed by atoms with Crippen molar-refractivity contribution in [2.75, 3.05) is 0 Å². The Morgan fingerprint density at radius 3 is 3.00 bits per heavy atom. The Labute approximate surface area is 86.7 Å². The van der Waals surface area contributed by atoms with Gasteiger partial charge >= 0.3 is 0 Å². The Morgan fingerprint density at radius 2 is 2.27 bits per heavy atom. The van der Waals surface area contributed by atoms with E-state index < -0.39 is 0 Å². The van der Waals surface area contributed by atoms with Crippen LogP contribution in [0.1, 0.15) is 16.9 Å². The first kappa shape index (κ1) is 9.41. The normalized spacial score (nSPS) is 10.1. The van der Waals surface area contributed by atoms with Gasteiger partial charge in [0.15, 0.2) is 5.78 Å². The SMILES string of the molecule is Cn1nc(C(=O)CC#N)c2ccccc21. The van der Waals surface area contributed by atoms with E-state index in [1.165, 1.54) is 0 Å². The average molecular weight is 199 g/mol. The van der Waals surface area contributed by atoms with Crippen molar-refractivity contribution < 1.29 is 4.79 Å². The first-order chi connectivity index (χ1) is 7.24. The number of carbonyl (C=O) groups excluding carboxylic acids is 1. The molecule has 0 unspecified atom stereocenters. The van der Waals surface area contributed by atoms with Crippen LogP contribution in [0.5, 0.6) is 0 Å². The zero-order valence-corrected chi connectivity index (χ0v) is 8.27. The second kappa shape index (κ2) is 3.54. The lowest BCUT2D eigenvalue weighted by Gasteiger charge is -1.90. The van der Waals surface area contributed by atoms with Crippen LogP contribution in [-0.4, -0.2) is 15.6 Å². The number of hydrogen-bond donors (Lipinski definition) is 0. The Morgan fingerprint density at radius 1 is 1.53 bits per heavy atom. The quantitative estimate of drug-likeness (QED) is 0.691. The molecule has 0 saturated heterocycles. The standard InChI is InChI=1S/C11H9N3O/c1-14-9-5-3-2-4-8(9)11(13-14)10(15)6-7-12/h2-5H,6H2,1H3. The van der Waals surface area contributed by atoms with E-state index in [0.717, 1.165) is 10.9 Å². The molecule has 0 aliphatic heterocycles. The van der Waals surface area contributed by atoms with Gasteiger partial charge in [-0.2, -0.15) is 10.4 Å². The van der Waals surface area contributed by atoms with Crippen molar-refractivity contribution in [3.63, 3.8) is 0 Å². The minimum absolute atomic E-state index is 0.124. The van der Waals surface area contributed by atoms with Crippen LogP contribution in [0.25, 0.3) is 10.9 Å². The highest BCUT2D eigenvalue weighted by Crippen LogP contribution is 2.18. The van der Waals surface area contributed by atoms with E-state index >= 15 is 0 Å². The molecule has 0 N–H and O–H groups in total. The van der Waals surface area contributed by atoms with Crippen molar-refractivity contribution in [2.24, 2.45) is 7.05 Å². The summed E-state index contributed by atoms with van der Waals surface area (Å²) >= 11 is 0. The van der Waals surface area contributed by atoms with E-state index in [9.17, 15) is 4.79 Å². The van der Waals surface area contributed by atoms with Crippen molar-refractivity contribution >= 4 is 16.7 Å². The maximum Gasteiger partial charge on any atom is 0.197 e. The monoisotopic (exact) mass is 199 g/mol. The lowest BCUT2D eigenvalue weighted by Crippen LogP contribution is -2.00. The highest BCUT2D eigenvalue weighted by atomic mass is 16.1. The lowest BCUT2D eigenvalue weighted by atomic mass is 10.1. The summed E-state index contributed by atoms with van der Waals surface area (Å²) in [6.45, 7) is 0. The molecule has 2 aromatic rings. The summed E-state index contributed by atoms with van der Waals surface area (Å²) in [5.41, 5.74) is 1.29. The van der Waals surface area contributed by atoms with Gasteiger partial charge in [0, 0.05) is 12.4 Å². The van der Waals surface area contributed by atoms with Gasteiger partial charge in [-0.1, -0.05) is 18.2 Å². The molecule has 2 rings (SSSR count). The molecule has 0 bridgehead atoms. The number of carbonyl (C=O) groups is 1. The summed E-state index contributed by atoms with van der Waals surface area (Å²) in [5.74, 6) is -0.227. The zero-order valence-electron chi connectivity index (χ0n) is 8.27. The summed E-state index contributed by atoms with van der Waals surface area (Å²) in [5, 5.41) is 13.4. The summed E-state index contributed by atoms with van der Waals surface area (Å²) < 4.78 is 1.65. The van der Waals surface area contributed by atoms with Gasteiger partial charge in [0.1, 0.15) is 12.1 Å². The first-order valence-electron chi connectivity index (χ1n) is 4.56. The number of nitrogens with zero attached hydrogens (tertiary/aromatic N) is 3. The molecule has 0 atom stereocenters. The fourth-order valence-corrected chi connectivity index (χ4v) is 1.58. The van der Waals surface area contributed by atoms with Crippen LogP contribution >= 0.6 is 0 Å². The number of aryl methyl sites for hydroxylation is 1. The molecular formula is C11H9N3O. The molecule has 1 aromatic heterocycles. The van der Waals surface area contributed by atoms with Crippen LogP contribution in [0, 0.1) is 11.3 Å². The second-order valence-electron chi connectivity index (χ2n) is 3.25. The van der Waals surface area contributed by atoms with Crippen LogP contribution in [0.4, 0.5) is 0 Å². The number of benzene rings is 1. The van der Waals surface area contributed by atoms with Crippen molar-refractivity contribution in [3.05, 3.63) is 30.0 Å². The van der Waals surface area contributed by atoms with Crippen LogP contribution in [-0.2, 0) is 7.05 Å². The Bertz CT molecular complexity index is 563. The zero-order chi connectivity index (χ0) is 10.8. The van der Waals surface area contributed by atoms with Crippen molar-refractivity contribution in [3.8, 4) is 6.07 Å². The second-order valence-corrected chi connectivity index (χ2v) is 3.25. The smallest absolute Gasteiger partial charge is 0.197 e. The van der Waals surface area contributed by atoms with E-state index in [1.54, 1.807) is 11.7 Å². The van der Waals surface area contributed by atoms with Gasteiger partial charge < -0.3 is 0 Å². The Kier molecular flexibility index (Phi) is 2.22. The maximum atomic E-state index is 11.6. The van der Waals surface area contributed by atoms with Crippen LogP contribution < -0.4 is 0 Å². The van der Waals surface area contributed by atoms with E-state index in [1.807, 2.05) is 30.3 Å². The minimum atomic E-state index is -0.227. The summed E-state index contributed by atoms with van der Waals surface area (Å²) in [6, 6.07) is 9.32. The number of para-hydroxylation sites is 1. The largest absolute Gasteiger partial charge is 0.291 e. The maximum absolute atomic E-state index is 11.6. The molecule has 0 spiro atoms. The topological polar surface area (TPSA) is 58.7 Å². The predicted molar refractivity (Wildman–Crippen MR) is 55.3 cm³/mol. The number of nitriles is 1. The third kappa shape index (κ3) is 1.48. The van der Waals surface area contributed by atoms with Crippen molar-refractivity contribution in [1.29, 1.82) is 5.26 Å². The fourth-order valence-electron chi connectivity index (χ4n) is 1.58. The van der Waals surface area contributed by atoms with E-state index in [-0.39, 0.29) is 12.2 Å². The molecule has 0 aliphatic rings. The van der Waals surface area contributed by atoms with Crippen LogP contribution in [0.3, 0.4) is 0 Å². The molecule has 0 saturated carbocycles. The van der Waals surface area contributed by atoms with E-state index in [4.69, 9.17) is 5.26 Å². The predicted octanol–water partition coefficient (Wildman–Crippen LogP) is 1.67. The number of hydrogen-bond acceptors (Lipinski definition) is 3. The van der Waals surface area contributed by atoms with Crippen LogP contribution in [0.2, 0.25) is 0 Å².